The van der Waals surface area contributed by atoms with Crippen LogP contribution < -0.4 is 0 Å². The number of benzene rings is 1. The van der Waals surface area contributed by atoms with Gasteiger partial charge in [0.25, 0.3) is 5.91 Å². The third kappa shape index (κ3) is 5.62. The van der Waals surface area contributed by atoms with Gasteiger partial charge in [-0.15, -0.1) is 0 Å². The van der Waals surface area contributed by atoms with Gasteiger partial charge in [0, 0.05) is 63.1 Å². The van der Waals surface area contributed by atoms with Gasteiger partial charge in [-0.25, -0.2) is 4.98 Å². The molecule has 0 saturated carbocycles. The standard InChI is InChI=1S/C21H24F6N4O/c1-14(2)18-28-3-4-30(18)8-5-29-6-9-31(10-7-29)19(32)15-11-16(20(22,23)24)13-17(12-15)21(25,26)27/h3-4,11-14H,5-10H2,1-2H3. The van der Waals surface area contributed by atoms with Crippen LogP contribution in [-0.2, 0) is 18.9 Å². The van der Waals surface area contributed by atoms with Crippen LogP contribution in [0.3, 0.4) is 0 Å². The number of hydrogen-bond donors (Lipinski definition) is 0. The van der Waals surface area contributed by atoms with Crippen molar-refractivity contribution >= 4 is 5.91 Å². The zero-order valence-corrected chi connectivity index (χ0v) is 17.7. The molecule has 0 atom stereocenters. The number of amides is 1. The largest absolute Gasteiger partial charge is 0.416 e. The maximum absolute atomic E-state index is 13.1. The van der Waals surface area contributed by atoms with E-state index in [-0.39, 0.29) is 25.1 Å². The minimum absolute atomic E-state index is 0.0240. The number of carbonyl (C=O) groups excluding carboxylic acids is 1. The van der Waals surface area contributed by atoms with Crippen molar-refractivity contribution in [1.82, 2.24) is 19.4 Å². The minimum Gasteiger partial charge on any atom is -0.336 e. The van der Waals surface area contributed by atoms with E-state index in [1.807, 2.05) is 24.6 Å². The summed E-state index contributed by atoms with van der Waals surface area (Å²) in [5, 5.41) is 0. The number of aromatic nitrogens is 2. The lowest BCUT2D eigenvalue weighted by Gasteiger charge is -2.35. The molecule has 1 amide bonds. The highest BCUT2D eigenvalue weighted by Gasteiger charge is 2.38. The van der Waals surface area contributed by atoms with Gasteiger partial charge >= 0.3 is 12.4 Å². The summed E-state index contributed by atoms with van der Waals surface area (Å²) in [4.78, 5) is 20.4. The van der Waals surface area contributed by atoms with Crippen LogP contribution in [0.4, 0.5) is 26.3 Å². The highest BCUT2D eigenvalue weighted by atomic mass is 19.4. The fraction of sp³-hybridized carbons (Fsp3) is 0.524. The van der Waals surface area contributed by atoms with Gasteiger partial charge in [0.2, 0.25) is 0 Å². The van der Waals surface area contributed by atoms with Crippen molar-refractivity contribution in [2.45, 2.75) is 38.7 Å². The van der Waals surface area contributed by atoms with Crippen LogP contribution in [0, 0.1) is 0 Å². The molecule has 1 aromatic carbocycles. The Kier molecular flexibility index (Phi) is 6.87. The summed E-state index contributed by atoms with van der Waals surface area (Å²) in [7, 11) is 0. The first-order chi connectivity index (χ1) is 14.9. The average molecular weight is 462 g/mol. The molecule has 2 aromatic rings. The molecule has 0 aliphatic carbocycles. The number of rotatable bonds is 5. The number of carbonyl (C=O) groups is 1. The summed E-state index contributed by atoms with van der Waals surface area (Å²) in [6.45, 7) is 6.87. The Labute approximate surface area is 181 Å². The molecule has 11 heteroatoms. The van der Waals surface area contributed by atoms with Crippen LogP contribution in [-0.4, -0.2) is 58.0 Å². The van der Waals surface area contributed by atoms with E-state index in [1.165, 1.54) is 4.90 Å². The summed E-state index contributed by atoms with van der Waals surface area (Å²) >= 11 is 0. The van der Waals surface area contributed by atoms with Crippen molar-refractivity contribution in [3.05, 3.63) is 53.1 Å². The molecule has 32 heavy (non-hydrogen) atoms. The summed E-state index contributed by atoms with van der Waals surface area (Å²) in [6.07, 6.45) is -6.36. The Morgan fingerprint density at radius 2 is 1.50 bits per heavy atom. The van der Waals surface area contributed by atoms with E-state index < -0.39 is 35.0 Å². The van der Waals surface area contributed by atoms with E-state index in [0.29, 0.717) is 38.3 Å². The molecular weight excluding hydrogens is 438 g/mol. The molecule has 1 aliphatic rings. The van der Waals surface area contributed by atoms with Crippen molar-refractivity contribution in [3.8, 4) is 0 Å². The molecule has 0 bridgehead atoms. The molecule has 0 spiro atoms. The number of imidazole rings is 1. The Morgan fingerprint density at radius 1 is 0.938 bits per heavy atom. The first-order valence-electron chi connectivity index (χ1n) is 10.2. The van der Waals surface area contributed by atoms with E-state index in [4.69, 9.17) is 0 Å². The molecule has 176 valence electrons. The average Bonchev–Trinajstić information content (AvgIpc) is 3.19. The normalized spacial score (nSPS) is 16.1. The number of alkyl halides is 6. The predicted octanol–water partition coefficient (Wildman–Crippen LogP) is 4.50. The highest BCUT2D eigenvalue weighted by Crippen LogP contribution is 2.36. The van der Waals surface area contributed by atoms with Crippen LogP contribution >= 0.6 is 0 Å². The lowest BCUT2D eigenvalue weighted by atomic mass is 10.0. The van der Waals surface area contributed by atoms with Gasteiger partial charge < -0.3 is 9.47 Å². The molecule has 1 aliphatic heterocycles. The smallest absolute Gasteiger partial charge is 0.336 e. The molecular formula is C21H24F6N4O. The van der Waals surface area contributed by atoms with E-state index in [1.54, 1.807) is 6.20 Å². The molecule has 0 N–H and O–H groups in total. The summed E-state index contributed by atoms with van der Waals surface area (Å²) < 4.78 is 80.4. The molecule has 1 saturated heterocycles. The predicted molar refractivity (Wildman–Crippen MR) is 105 cm³/mol. The number of nitrogens with zero attached hydrogens (tertiary/aromatic N) is 4. The molecule has 3 rings (SSSR count). The SMILES string of the molecule is CC(C)c1nccn1CCN1CCN(C(=O)c2cc(C(F)(F)F)cc(C(F)(F)F)c2)CC1. The monoisotopic (exact) mass is 462 g/mol. The molecule has 5 nitrogen and oxygen atoms in total. The van der Waals surface area contributed by atoms with Crippen molar-refractivity contribution < 1.29 is 31.1 Å². The molecule has 2 heterocycles. The second-order valence-corrected chi connectivity index (χ2v) is 8.06. The van der Waals surface area contributed by atoms with E-state index >= 15 is 0 Å². The first kappa shape index (κ1) is 24.1. The first-order valence-corrected chi connectivity index (χ1v) is 10.2. The molecule has 0 unspecified atom stereocenters. The van der Waals surface area contributed by atoms with Gasteiger partial charge in [0.05, 0.1) is 11.1 Å². The Hall–Kier alpha value is -2.56. The zero-order valence-electron chi connectivity index (χ0n) is 17.7. The Bertz CT molecular complexity index is 910. The van der Waals surface area contributed by atoms with Crippen LogP contribution in [0.5, 0.6) is 0 Å². The maximum atomic E-state index is 13.1. The number of piperazine rings is 1. The van der Waals surface area contributed by atoms with Crippen molar-refractivity contribution in [3.63, 3.8) is 0 Å². The van der Waals surface area contributed by atoms with E-state index in [2.05, 4.69) is 9.88 Å². The lowest BCUT2D eigenvalue weighted by molar-refractivity contribution is -0.143. The van der Waals surface area contributed by atoms with Gasteiger partial charge in [-0.2, -0.15) is 26.3 Å². The van der Waals surface area contributed by atoms with Crippen LogP contribution in [0.1, 0.15) is 47.1 Å². The minimum atomic E-state index is -4.99. The number of halogens is 6. The summed E-state index contributed by atoms with van der Waals surface area (Å²) in [5.74, 6) is 0.398. The highest BCUT2D eigenvalue weighted by molar-refractivity contribution is 5.94. The van der Waals surface area contributed by atoms with Crippen molar-refractivity contribution in [1.29, 1.82) is 0 Å². The fourth-order valence-corrected chi connectivity index (χ4v) is 3.70. The summed E-state index contributed by atoms with van der Waals surface area (Å²) in [5.41, 5.74) is -3.59. The van der Waals surface area contributed by atoms with Gasteiger partial charge in [-0.1, -0.05) is 13.8 Å². The quantitative estimate of drug-likeness (QED) is 0.615. The Balaban J connectivity index is 1.65. The van der Waals surface area contributed by atoms with Crippen LogP contribution in [0.15, 0.2) is 30.6 Å². The maximum Gasteiger partial charge on any atom is 0.416 e. The van der Waals surface area contributed by atoms with Gasteiger partial charge in [-0.05, 0) is 18.2 Å². The van der Waals surface area contributed by atoms with Crippen LogP contribution in [0.25, 0.3) is 0 Å². The van der Waals surface area contributed by atoms with Gasteiger partial charge in [0.1, 0.15) is 5.82 Å². The molecule has 0 radical (unpaired) electrons. The molecule has 1 aromatic heterocycles. The second kappa shape index (κ2) is 9.13. The van der Waals surface area contributed by atoms with E-state index in [9.17, 15) is 31.1 Å². The zero-order chi connectivity index (χ0) is 23.7. The van der Waals surface area contributed by atoms with Gasteiger partial charge in [0.15, 0.2) is 0 Å². The number of hydrogen-bond acceptors (Lipinski definition) is 3. The Morgan fingerprint density at radius 3 is 2.00 bits per heavy atom. The third-order valence-electron chi connectivity index (χ3n) is 5.42. The van der Waals surface area contributed by atoms with Crippen LogP contribution in [0.2, 0.25) is 0 Å². The van der Waals surface area contributed by atoms with Gasteiger partial charge in [-0.3, -0.25) is 9.69 Å². The fourth-order valence-electron chi connectivity index (χ4n) is 3.70. The second-order valence-electron chi connectivity index (χ2n) is 8.06. The van der Waals surface area contributed by atoms with E-state index in [0.717, 1.165) is 5.82 Å². The third-order valence-corrected chi connectivity index (χ3v) is 5.42. The summed E-state index contributed by atoms with van der Waals surface area (Å²) in [6, 6.07) is 0.989. The topological polar surface area (TPSA) is 41.4 Å². The van der Waals surface area contributed by atoms with Crippen molar-refractivity contribution in [2.24, 2.45) is 0 Å². The lowest BCUT2D eigenvalue weighted by Crippen LogP contribution is -2.49. The van der Waals surface area contributed by atoms with Crippen molar-refractivity contribution in [2.75, 3.05) is 32.7 Å². The molecule has 1 fully saturated rings.